The number of alkyl halides is 1. The van der Waals surface area contributed by atoms with Gasteiger partial charge in [0.05, 0.1) is 5.75 Å². The predicted octanol–water partition coefficient (Wildman–Crippen LogP) is 5.10. The van der Waals surface area contributed by atoms with Crippen LogP contribution in [-0.2, 0) is 5.33 Å². The molecule has 0 aliphatic carbocycles. The Hall–Kier alpha value is -0.353. The zero-order valence-corrected chi connectivity index (χ0v) is 13.7. The second-order valence-corrected chi connectivity index (χ2v) is 11.0. The lowest BCUT2D eigenvalue weighted by atomic mass is 10.2. The molecule has 4 heteroatoms. The van der Waals surface area contributed by atoms with Crippen molar-refractivity contribution in [2.45, 2.75) is 44.2 Å². The highest BCUT2D eigenvalue weighted by atomic mass is 79.9. The van der Waals surface area contributed by atoms with Crippen LogP contribution < -0.4 is 4.43 Å². The van der Waals surface area contributed by atoms with Gasteiger partial charge in [0.1, 0.15) is 5.82 Å². The molecule has 17 heavy (non-hydrogen) atoms. The van der Waals surface area contributed by atoms with Gasteiger partial charge in [-0.05, 0) is 11.6 Å². The summed E-state index contributed by atoms with van der Waals surface area (Å²) >= 11 is 3.25. The Bertz CT molecular complexity index is 399. The summed E-state index contributed by atoms with van der Waals surface area (Å²) in [7, 11) is -1.87. The molecule has 0 saturated heterocycles. The summed E-state index contributed by atoms with van der Waals surface area (Å²) in [4.78, 5) is 0. The van der Waals surface area contributed by atoms with Crippen LogP contribution in [0.1, 0.15) is 26.3 Å². The fraction of sp³-hybridized carbons (Fsp3) is 0.538. The van der Waals surface area contributed by atoms with Gasteiger partial charge in [-0.1, -0.05) is 42.8 Å². The highest BCUT2D eigenvalue weighted by Crippen LogP contribution is 2.37. The van der Waals surface area contributed by atoms with E-state index in [4.69, 9.17) is 4.43 Å². The lowest BCUT2D eigenvalue weighted by Crippen LogP contribution is -2.43. The van der Waals surface area contributed by atoms with Gasteiger partial charge in [0.15, 0.2) is 0 Å². The third kappa shape index (κ3) is 3.55. The van der Waals surface area contributed by atoms with Crippen LogP contribution in [0.5, 0.6) is 5.75 Å². The topological polar surface area (TPSA) is 9.23 Å². The van der Waals surface area contributed by atoms with Gasteiger partial charge in [0.25, 0.3) is 0 Å². The molecule has 1 aromatic rings. The average Bonchev–Trinajstić information content (AvgIpc) is 2.15. The van der Waals surface area contributed by atoms with Crippen LogP contribution in [0.2, 0.25) is 18.1 Å². The minimum atomic E-state index is -1.87. The molecule has 1 nitrogen and oxygen atoms in total. The molecule has 0 amide bonds. The van der Waals surface area contributed by atoms with E-state index in [1.807, 2.05) is 6.07 Å². The molecule has 0 fully saturated rings. The Balaban J connectivity index is 2.93. The van der Waals surface area contributed by atoms with Gasteiger partial charge in [-0.15, -0.1) is 18.1 Å². The van der Waals surface area contributed by atoms with Crippen molar-refractivity contribution in [1.29, 1.82) is 0 Å². The Morgan fingerprint density at radius 1 is 1.29 bits per heavy atom. The first-order valence-corrected chi connectivity index (χ1v) is 9.74. The first-order chi connectivity index (χ1) is 7.67. The molecule has 0 N–H and O–H groups in total. The second-order valence-electron chi connectivity index (χ2n) is 5.75. The molecule has 0 aliphatic rings. The van der Waals surface area contributed by atoms with Crippen LogP contribution >= 0.6 is 15.9 Å². The molecule has 0 atom stereocenters. The normalized spacial score (nSPS) is 12.6. The van der Waals surface area contributed by atoms with E-state index < -0.39 is 8.32 Å². The number of rotatable bonds is 3. The Labute approximate surface area is 113 Å². The van der Waals surface area contributed by atoms with Gasteiger partial charge >= 0.3 is 0 Å². The smallest absolute Gasteiger partial charge is 0.130 e. The second kappa shape index (κ2) is 5.10. The zero-order chi connectivity index (χ0) is 13.3. The molecule has 0 aliphatic heterocycles. The van der Waals surface area contributed by atoms with Gasteiger partial charge in [0.2, 0.25) is 0 Å². The lowest BCUT2D eigenvalue weighted by molar-refractivity contribution is 0.486. The highest BCUT2D eigenvalue weighted by molar-refractivity contribution is 9.08. The molecule has 0 radical (unpaired) electrons. The molecule has 0 aromatic heterocycles. The van der Waals surface area contributed by atoms with Crippen molar-refractivity contribution in [2.75, 3.05) is 0 Å². The molecule has 0 heterocycles. The third-order valence-electron chi connectivity index (χ3n) is 3.35. The van der Waals surface area contributed by atoms with E-state index in [1.165, 1.54) is 6.07 Å². The fourth-order valence-corrected chi connectivity index (χ4v) is 2.62. The van der Waals surface area contributed by atoms with Crippen molar-refractivity contribution in [2.24, 2.45) is 0 Å². The van der Waals surface area contributed by atoms with Crippen LogP contribution in [0.25, 0.3) is 0 Å². The Morgan fingerprint density at radius 2 is 1.88 bits per heavy atom. The maximum Gasteiger partial charge on any atom is 0.130 e. The Morgan fingerprint density at radius 3 is 2.29 bits per heavy atom. The van der Waals surface area contributed by atoms with Crippen molar-refractivity contribution in [3.8, 4) is 5.75 Å². The van der Waals surface area contributed by atoms with E-state index in [1.54, 1.807) is 6.07 Å². The van der Waals surface area contributed by atoms with E-state index in [9.17, 15) is 4.39 Å². The minimum Gasteiger partial charge on any atom is -0.689 e. The summed E-state index contributed by atoms with van der Waals surface area (Å²) in [5.41, 5.74) is 0.660. The lowest BCUT2D eigenvalue weighted by Gasteiger charge is -2.48. The third-order valence-corrected chi connectivity index (χ3v) is 8.31. The monoisotopic (exact) mass is 318 g/mol. The van der Waals surface area contributed by atoms with Crippen LogP contribution in [0, 0.1) is 5.82 Å². The van der Waals surface area contributed by atoms with Crippen molar-refractivity contribution in [3.05, 3.63) is 29.6 Å². The van der Waals surface area contributed by atoms with Crippen molar-refractivity contribution in [3.63, 3.8) is 0 Å². The highest BCUT2D eigenvalue weighted by Gasteiger charge is 2.26. The summed E-state index contributed by atoms with van der Waals surface area (Å²) < 4.78 is 19.7. The van der Waals surface area contributed by atoms with Crippen molar-refractivity contribution < 1.29 is 8.82 Å². The van der Waals surface area contributed by atoms with Gasteiger partial charge < -0.3 is 4.43 Å². The summed E-state index contributed by atoms with van der Waals surface area (Å²) in [5, 5.41) is 0.650. The predicted molar refractivity (Wildman–Crippen MR) is 76.9 cm³/mol. The van der Waals surface area contributed by atoms with E-state index in [-0.39, 0.29) is 10.9 Å². The zero-order valence-electron chi connectivity index (χ0n) is 11.1. The van der Waals surface area contributed by atoms with Gasteiger partial charge in [0, 0.05) is 19.7 Å². The van der Waals surface area contributed by atoms with E-state index in [0.29, 0.717) is 16.6 Å². The molecule has 97 valence electrons. The van der Waals surface area contributed by atoms with Gasteiger partial charge in [-0.25, -0.2) is 4.39 Å². The minimum absolute atomic E-state index is 0.123. The van der Waals surface area contributed by atoms with Crippen LogP contribution in [0.15, 0.2) is 18.2 Å². The van der Waals surface area contributed by atoms with Crippen molar-refractivity contribution >= 4 is 24.2 Å². The molecule has 1 rings (SSSR count). The number of benzene rings is 1. The average molecular weight is 319 g/mol. The van der Waals surface area contributed by atoms with Crippen LogP contribution in [-0.4, -0.2) is 8.32 Å². The van der Waals surface area contributed by atoms with Gasteiger partial charge in [-0.2, -0.15) is 0 Å². The maximum absolute atomic E-state index is 13.6. The molecule has 0 spiro atoms. The molecular formula is C13H20BrFOSi-. The summed E-state index contributed by atoms with van der Waals surface area (Å²) in [5.74, 6) is 0.428. The number of hydrogen-bond acceptors (Lipinski definition) is 1. The molecular weight excluding hydrogens is 299 g/mol. The number of halogens is 2. The SMILES string of the molecule is CC(C)(C)[Si-](C)(C)Oc1ccc(CBr)c(F)c1. The molecule has 0 unspecified atom stereocenters. The quantitative estimate of drug-likeness (QED) is 0.556. The van der Waals surface area contributed by atoms with E-state index >= 15 is 0 Å². The van der Waals surface area contributed by atoms with Crippen molar-refractivity contribution in [1.82, 2.24) is 0 Å². The van der Waals surface area contributed by atoms with Crippen LogP contribution in [0.3, 0.4) is 0 Å². The largest absolute Gasteiger partial charge is 0.689 e. The molecule has 0 bridgehead atoms. The first-order valence-electron chi connectivity index (χ1n) is 5.71. The summed E-state index contributed by atoms with van der Waals surface area (Å²) in [6, 6.07) is 5.10. The Kier molecular flexibility index (Phi) is 4.41. The standard InChI is InChI=1S/C13H20BrFOSi/c1-13(2,3)17(4,5)16-11-7-6-10(9-14)12(15)8-11/h6-8H,9H2,1-5H3/q-1. The first kappa shape index (κ1) is 14.7. The molecule has 0 saturated carbocycles. The van der Waals surface area contributed by atoms with Crippen LogP contribution in [0.4, 0.5) is 4.39 Å². The molecule has 1 aromatic carbocycles. The van der Waals surface area contributed by atoms with Gasteiger partial charge in [-0.3, -0.25) is 0 Å². The number of hydrogen-bond donors (Lipinski definition) is 0. The van der Waals surface area contributed by atoms with E-state index in [0.717, 1.165) is 0 Å². The summed E-state index contributed by atoms with van der Waals surface area (Å²) in [6.07, 6.45) is 0. The van der Waals surface area contributed by atoms with E-state index in [2.05, 4.69) is 49.8 Å². The fourth-order valence-electron chi connectivity index (χ4n) is 1.15. The maximum atomic E-state index is 13.6. The summed E-state index contributed by atoms with van der Waals surface area (Å²) in [6.45, 7) is 10.8.